The van der Waals surface area contributed by atoms with Gasteiger partial charge in [-0.1, -0.05) is 205 Å². The Labute approximate surface area is 660 Å². The van der Waals surface area contributed by atoms with Crippen molar-refractivity contribution in [1.29, 1.82) is 0 Å². The molecule has 6 aliphatic rings. The van der Waals surface area contributed by atoms with E-state index in [0.29, 0.717) is 28.0 Å². The molecule has 538 valence electrons. The molecule has 0 saturated carbocycles. The molecule has 0 N–H and O–H groups in total. The van der Waals surface area contributed by atoms with E-state index in [1.54, 1.807) is 31.0 Å². The van der Waals surface area contributed by atoms with Gasteiger partial charge in [0.05, 0.1) is 83.4 Å². The Balaban J connectivity index is 0.000000119. The number of pyridine rings is 4. The molecule has 2 unspecified atom stereocenters. The molecule has 114 heavy (non-hydrogen) atoms. The minimum absolute atomic E-state index is 0.569. The number of aryl methyl sites for hydroxylation is 1. The van der Waals surface area contributed by atoms with Crippen LogP contribution in [0.25, 0.3) is 78.2 Å². The average molecular weight is 1490 g/mol. The molecule has 18 aromatic rings. The number of ether oxygens (including phenoxy) is 4. The van der Waals surface area contributed by atoms with Crippen LogP contribution in [0.15, 0.2) is 353 Å². The molecule has 6 aromatic heterocycles. The lowest BCUT2D eigenvalue weighted by atomic mass is 9.66. The van der Waals surface area contributed by atoms with Gasteiger partial charge in [-0.05, 0) is 150 Å². The van der Waals surface area contributed by atoms with Crippen molar-refractivity contribution >= 4 is 67.8 Å². The molecule has 0 amide bonds. The van der Waals surface area contributed by atoms with E-state index in [2.05, 4.69) is 207 Å². The zero-order valence-corrected chi connectivity index (χ0v) is 61.7. The predicted molar refractivity (Wildman–Crippen MR) is 447 cm³/mol. The van der Waals surface area contributed by atoms with E-state index in [-0.39, 0.29) is 0 Å². The van der Waals surface area contributed by atoms with Gasteiger partial charge in [0.15, 0.2) is 34.5 Å². The number of rotatable bonds is 5. The maximum absolute atomic E-state index is 7.00. The van der Waals surface area contributed by atoms with Crippen molar-refractivity contribution < 1.29 is 18.9 Å². The van der Waals surface area contributed by atoms with Gasteiger partial charge in [-0.3, -0.25) is 39.9 Å². The fourth-order valence-electron chi connectivity index (χ4n) is 17.7. The molecule has 0 saturated heterocycles. The van der Waals surface area contributed by atoms with Crippen LogP contribution >= 0.6 is 11.6 Å². The van der Waals surface area contributed by atoms with Gasteiger partial charge in [0.25, 0.3) is 0 Å². The topological polar surface area (TPSA) is 147 Å². The molecule has 12 aromatic carbocycles. The van der Waals surface area contributed by atoms with Crippen molar-refractivity contribution in [2.75, 3.05) is 9.80 Å². The zero-order valence-electron chi connectivity index (χ0n) is 61.0. The largest absolute Gasteiger partial charge is 0.453 e. The lowest BCUT2D eigenvalue weighted by Crippen LogP contribution is -2.33. The van der Waals surface area contributed by atoms with Crippen molar-refractivity contribution in [1.82, 2.24) is 39.9 Å². The standard InChI is InChI=1S/C49H29N5O2.C35H20ClN3O2.C15H12N2/c1-2-13-33(14-3-1)54-40-19-5-7-21-43(40)56-48-41(54)23-22-37-47(48)55-42-20-6-4-16-35(42)49(37)36-17-10-24-51-45(36)46-38(49)28-32(29-53-46)30-11-8-12-31(27-30)34-15-9-18-39-44(34)52-26-25-50-39;36-21-19-26-32(38-20-21)31-24(12-8-18-37-31)35(26)23-11-4-6-14-29(23)40-33-25(35)16-17-28-34(33)41-30-15-7-5-13-27(30)39(28)22-9-2-1-3-10-22;1-11-4-2-5-12(10-11)13-6-3-7-14-15(13)17-9-8-16-14/h1-29H;1-20H;2-10H,1H3. The van der Waals surface area contributed by atoms with Crippen molar-refractivity contribution in [2.45, 2.75) is 17.8 Å². The summed E-state index contributed by atoms with van der Waals surface area (Å²) in [5, 5.41) is 0.569. The van der Waals surface area contributed by atoms with Gasteiger partial charge in [0.1, 0.15) is 11.5 Å². The SMILES string of the molecule is Cc1cccc(-c2cccc3nccnc23)c1.Clc1cnc2c(c1)C1(c3ccccc3Oc3c1ccc1c3Oc3ccccc3N1c1ccccc1)c1cccnc1-2.c1ccc(N2c3ccccc3Oc3c2ccc2c3Oc3ccccc3C23c2cccnc2-c2ncc(-c4cccc(-c5cccc6nccnc56)c4)cc23)cc1. The van der Waals surface area contributed by atoms with E-state index >= 15 is 0 Å². The molecule has 10 heterocycles. The molecule has 2 spiro atoms. The third kappa shape index (κ3) is 10.1. The van der Waals surface area contributed by atoms with Crippen LogP contribution in [0.4, 0.5) is 34.1 Å². The van der Waals surface area contributed by atoms with Crippen LogP contribution in [0.1, 0.15) is 50.1 Å². The zero-order chi connectivity index (χ0) is 75.6. The monoisotopic (exact) mass is 1490 g/mol. The number of nitrogens with zero attached hydrogens (tertiary/aromatic N) is 10. The summed E-state index contributed by atoms with van der Waals surface area (Å²) in [7, 11) is 0. The molecule has 4 aliphatic heterocycles. The number of hydrogen-bond acceptors (Lipinski definition) is 14. The van der Waals surface area contributed by atoms with Crippen LogP contribution in [0.3, 0.4) is 0 Å². The normalized spacial score (nSPS) is 15.2. The van der Waals surface area contributed by atoms with Gasteiger partial charge >= 0.3 is 0 Å². The third-order valence-corrected chi connectivity index (χ3v) is 22.6. The number of para-hydroxylation sites is 10. The summed E-state index contributed by atoms with van der Waals surface area (Å²) in [6.45, 7) is 2.10. The second-order valence-corrected chi connectivity index (χ2v) is 29.1. The highest BCUT2D eigenvalue weighted by molar-refractivity contribution is 6.30. The Morgan fingerprint density at radius 2 is 0.702 bits per heavy atom. The van der Waals surface area contributed by atoms with Crippen LogP contribution < -0.4 is 28.7 Å². The van der Waals surface area contributed by atoms with E-state index in [9.17, 15) is 0 Å². The summed E-state index contributed by atoms with van der Waals surface area (Å²) in [6.07, 6.45) is 14.3. The second kappa shape index (κ2) is 26.4. The van der Waals surface area contributed by atoms with E-state index in [4.69, 9.17) is 50.5 Å². The molecule has 2 aliphatic carbocycles. The summed E-state index contributed by atoms with van der Waals surface area (Å²) in [4.78, 5) is 42.3. The minimum Gasteiger partial charge on any atom is -0.453 e. The highest BCUT2D eigenvalue weighted by Gasteiger charge is 2.56. The van der Waals surface area contributed by atoms with Crippen LogP contribution in [0.2, 0.25) is 5.02 Å². The molecule has 2 atom stereocenters. The highest BCUT2D eigenvalue weighted by atomic mass is 35.5. The van der Waals surface area contributed by atoms with Crippen molar-refractivity contribution in [2.24, 2.45) is 0 Å². The lowest BCUT2D eigenvalue weighted by Gasteiger charge is -2.41. The van der Waals surface area contributed by atoms with Gasteiger partial charge in [0, 0.05) is 111 Å². The summed E-state index contributed by atoms with van der Waals surface area (Å²) in [5.41, 5.74) is 27.0. The highest BCUT2D eigenvalue weighted by Crippen LogP contribution is 2.68. The molecule has 0 radical (unpaired) electrons. The fourth-order valence-corrected chi connectivity index (χ4v) is 17.9. The average Bonchev–Trinajstić information content (AvgIpc) is 1.49. The second-order valence-electron chi connectivity index (χ2n) is 28.6. The van der Waals surface area contributed by atoms with Crippen molar-refractivity contribution in [3.8, 4) is 102 Å². The fraction of sp³-hybridized carbons (Fsp3) is 0.0303. The number of aromatic nitrogens is 8. The maximum atomic E-state index is 7.00. The summed E-state index contributed by atoms with van der Waals surface area (Å²) >= 11 is 6.64. The Morgan fingerprint density at radius 1 is 0.272 bits per heavy atom. The molecular formula is C99H61ClN10O4. The maximum Gasteiger partial charge on any atom is 0.194 e. The van der Waals surface area contributed by atoms with E-state index in [0.717, 1.165) is 174 Å². The molecule has 0 bridgehead atoms. The number of hydrogen-bond donors (Lipinski definition) is 0. The smallest absolute Gasteiger partial charge is 0.194 e. The van der Waals surface area contributed by atoms with Gasteiger partial charge in [-0.15, -0.1) is 0 Å². The third-order valence-electron chi connectivity index (χ3n) is 22.4. The predicted octanol–water partition coefficient (Wildman–Crippen LogP) is 24.6. The van der Waals surface area contributed by atoms with Crippen LogP contribution in [0.5, 0.6) is 46.0 Å². The Kier molecular flexibility index (Phi) is 15.3. The van der Waals surface area contributed by atoms with Crippen molar-refractivity contribution in [3.63, 3.8) is 0 Å². The lowest BCUT2D eigenvalue weighted by molar-refractivity contribution is 0.391. The van der Waals surface area contributed by atoms with Gasteiger partial charge in [-0.25, -0.2) is 0 Å². The Hall–Kier alpha value is -15.0. The van der Waals surface area contributed by atoms with Crippen LogP contribution in [-0.4, -0.2) is 39.9 Å². The minimum atomic E-state index is -0.804. The van der Waals surface area contributed by atoms with E-state index < -0.39 is 10.8 Å². The molecule has 15 heteroatoms. The van der Waals surface area contributed by atoms with Crippen LogP contribution in [0, 0.1) is 6.92 Å². The molecule has 0 fully saturated rings. The molecule has 24 rings (SSSR count). The first-order valence-corrected chi connectivity index (χ1v) is 38.0. The Morgan fingerprint density at radius 3 is 1.25 bits per heavy atom. The molecular weight excluding hydrogens is 1430 g/mol. The Bertz CT molecular complexity index is 6980. The number of benzene rings is 12. The van der Waals surface area contributed by atoms with Gasteiger partial charge in [-0.2, -0.15) is 0 Å². The van der Waals surface area contributed by atoms with E-state index in [1.807, 2.05) is 152 Å². The van der Waals surface area contributed by atoms with Crippen molar-refractivity contribution in [3.05, 3.63) is 408 Å². The first-order chi connectivity index (χ1) is 56.4. The van der Waals surface area contributed by atoms with Gasteiger partial charge < -0.3 is 28.7 Å². The first kappa shape index (κ1) is 66.0. The number of halogens is 1. The van der Waals surface area contributed by atoms with Crippen LogP contribution in [-0.2, 0) is 10.8 Å². The summed E-state index contributed by atoms with van der Waals surface area (Å²) < 4.78 is 27.4. The first-order valence-electron chi connectivity index (χ1n) is 37.7. The summed E-state index contributed by atoms with van der Waals surface area (Å²) in [5.74, 6) is 5.68. The number of fused-ring (bicyclic) bond motifs is 26. The molecule has 14 nitrogen and oxygen atoms in total. The summed E-state index contributed by atoms with van der Waals surface area (Å²) in [6, 6.07) is 104. The van der Waals surface area contributed by atoms with Gasteiger partial charge in [0.2, 0.25) is 0 Å². The quantitative estimate of drug-likeness (QED) is 0.161. The van der Waals surface area contributed by atoms with E-state index in [1.165, 1.54) is 11.1 Å². The number of anilines is 6.